The predicted molar refractivity (Wildman–Crippen MR) is 57.4 cm³/mol. The molecule has 1 saturated heterocycles. The van der Waals surface area contributed by atoms with Gasteiger partial charge in [0.25, 0.3) is 0 Å². The largest absolute Gasteiger partial charge is 0.393 e. The zero-order valence-corrected chi connectivity index (χ0v) is 9.70. The van der Waals surface area contributed by atoms with Crippen LogP contribution in [0, 0.1) is 0 Å². The Morgan fingerprint density at radius 1 is 1.47 bits per heavy atom. The van der Waals surface area contributed by atoms with Crippen LogP contribution in [0.4, 0.5) is 0 Å². The first-order chi connectivity index (χ1) is 6.91. The fraction of sp³-hybridized carbons (Fsp3) is 1.00. The van der Waals surface area contributed by atoms with Crippen molar-refractivity contribution in [3.63, 3.8) is 0 Å². The Morgan fingerprint density at radius 3 is 2.60 bits per heavy atom. The zero-order chi connectivity index (χ0) is 11.5. The van der Waals surface area contributed by atoms with Crippen LogP contribution in [0.5, 0.6) is 0 Å². The van der Waals surface area contributed by atoms with Crippen LogP contribution in [0.25, 0.3) is 0 Å². The molecule has 3 unspecified atom stereocenters. The van der Waals surface area contributed by atoms with E-state index < -0.39 is 15.9 Å². The minimum absolute atomic E-state index is 0.0167. The number of aliphatic hydroxyl groups is 2. The molecule has 0 spiro atoms. The van der Waals surface area contributed by atoms with Crippen LogP contribution in [0.3, 0.4) is 0 Å². The summed E-state index contributed by atoms with van der Waals surface area (Å²) in [7, 11) is -3.06. The number of nitrogens with one attached hydrogen (secondary N) is 1. The standard InChI is InChI=1S/C9H19NO4S/c1-7(11)3-2-4-10-8-5-15(13,14)6-9(8)12/h7-12H,2-6H2,1H3. The fourth-order valence-electron chi connectivity index (χ4n) is 1.71. The lowest BCUT2D eigenvalue weighted by Crippen LogP contribution is -2.39. The molecule has 0 amide bonds. The van der Waals surface area contributed by atoms with Gasteiger partial charge in [-0.1, -0.05) is 0 Å². The summed E-state index contributed by atoms with van der Waals surface area (Å²) < 4.78 is 22.3. The lowest BCUT2D eigenvalue weighted by molar-refractivity contribution is 0.160. The molecule has 0 aliphatic carbocycles. The summed E-state index contributed by atoms with van der Waals surface area (Å²) in [6.07, 6.45) is 0.342. The van der Waals surface area contributed by atoms with Crippen molar-refractivity contribution in [1.82, 2.24) is 5.32 Å². The Bertz CT molecular complexity index is 288. The molecule has 1 aliphatic heterocycles. The maximum absolute atomic E-state index is 11.2. The van der Waals surface area contributed by atoms with E-state index in [9.17, 15) is 13.5 Å². The SMILES string of the molecule is CC(O)CCCNC1CS(=O)(=O)CC1O. The maximum Gasteiger partial charge on any atom is 0.154 e. The minimum atomic E-state index is -3.06. The zero-order valence-electron chi connectivity index (χ0n) is 8.89. The van der Waals surface area contributed by atoms with Gasteiger partial charge in [0.15, 0.2) is 9.84 Å². The molecule has 1 aliphatic rings. The van der Waals surface area contributed by atoms with Crippen LogP contribution in [0.1, 0.15) is 19.8 Å². The van der Waals surface area contributed by atoms with Gasteiger partial charge >= 0.3 is 0 Å². The molecular formula is C9H19NO4S. The van der Waals surface area contributed by atoms with E-state index >= 15 is 0 Å². The van der Waals surface area contributed by atoms with Gasteiger partial charge in [0.2, 0.25) is 0 Å². The third-order valence-electron chi connectivity index (χ3n) is 2.53. The average Bonchev–Trinajstić information content (AvgIpc) is 2.33. The molecule has 0 aromatic carbocycles. The van der Waals surface area contributed by atoms with Crippen LogP contribution in [0.15, 0.2) is 0 Å². The second-order valence-corrected chi connectivity index (χ2v) is 6.35. The Balaban J connectivity index is 2.23. The normalized spacial score (nSPS) is 31.7. The number of hydrogen-bond acceptors (Lipinski definition) is 5. The summed E-state index contributed by atoms with van der Waals surface area (Å²) in [5, 5.41) is 21.5. The summed E-state index contributed by atoms with van der Waals surface area (Å²) in [6.45, 7) is 2.34. The summed E-state index contributed by atoms with van der Waals surface area (Å²) in [5.74, 6) is -0.121. The van der Waals surface area contributed by atoms with Crippen molar-refractivity contribution in [2.75, 3.05) is 18.1 Å². The van der Waals surface area contributed by atoms with Crippen LogP contribution in [-0.2, 0) is 9.84 Å². The number of sulfone groups is 1. The molecule has 5 nitrogen and oxygen atoms in total. The molecule has 90 valence electrons. The van der Waals surface area contributed by atoms with Crippen LogP contribution < -0.4 is 5.32 Å². The molecule has 0 saturated carbocycles. The Hall–Kier alpha value is -0.170. The lowest BCUT2D eigenvalue weighted by atomic mass is 10.2. The van der Waals surface area contributed by atoms with E-state index in [2.05, 4.69) is 5.32 Å². The van der Waals surface area contributed by atoms with Crippen LogP contribution in [-0.4, -0.2) is 54.9 Å². The van der Waals surface area contributed by atoms with Crippen LogP contribution in [0.2, 0.25) is 0 Å². The topological polar surface area (TPSA) is 86.6 Å². The third kappa shape index (κ3) is 4.46. The number of hydrogen-bond donors (Lipinski definition) is 3. The van der Waals surface area contributed by atoms with Gasteiger partial charge in [-0.05, 0) is 26.3 Å². The van der Waals surface area contributed by atoms with Crippen molar-refractivity contribution in [3.8, 4) is 0 Å². The summed E-state index contributed by atoms with van der Waals surface area (Å²) in [5.41, 5.74) is 0. The monoisotopic (exact) mass is 237 g/mol. The molecule has 3 N–H and O–H groups in total. The Labute approximate surface area is 90.4 Å². The molecule has 1 rings (SSSR count). The molecule has 0 aromatic heterocycles. The molecule has 3 atom stereocenters. The highest BCUT2D eigenvalue weighted by Gasteiger charge is 2.35. The highest BCUT2D eigenvalue weighted by atomic mass is 32.2. The molecule has 1 heterocycles. The third-order valence-corrected chi connectivity index (χ3v) is 4.24. The van der Waals surface area contributed by atoms with E-state index in [1.165, 1.54) is 0 Å². The molecule has 0 radical (unpaired) electrons. The lowest BCUT2D eigenvalue weighted by Gasteiger charge is -2.14. The Kier molecular flexibility index (Phi) is 4.51. The van der Waals surface area contributed by atoms with E-state index in [1.54, 1.807) is 6.92 Å². The molecule has 0 bridgehead atoms. The van der Waals surface area contributed by atoms with Gasteiger partial charge in [-0.25, -0.2) is 8.42 Å². The second kappa shape index (κ2) is 5.25. The Morgan fingerprint density at radius 2 is 2.13 bits per heavy atom. The van der Waals surface area contributed by atoms with E-state index in [-0.39, 0.29) is 23.7 Å². The van der Waals surface area contributed by atoms with Gasteiger partial charge in [-0.2, -0.15) is 0 Å². The van der Waals surface area contributed by atoms with Gasteiger partial charge in [0, 0.05) is 6.04 Å². The predicted octanol–water partition coefficient (Wildman–Crippen LogP) is -1.11. The second-order valence-electron chi connectivity index (χ2n) is 4.20. The van der Waals surface area contributed by atoms with Crippen molar-refractivity contribution in [2.45, 2.75) is 38.0 Å². The smallest absolute Gasteiger partial charge is 0.154 e. The average molecular weight is 237 g/mol. The first-order valence-electron chi connectivity index (χ1n) is 5.20. The number of aliphatic hydroxyl groups excluding tert-OH is 2. The van der Waals surface area contributed by atoms with Gasteiger partial charge in [0.1, 0.15) is 0 Å². The maximum atomic E-state index is 11.2. The van der Waals surface area contributed by atoms with Gasteiger partial charge in [-0.3, -0.25) is 0 Å². The van der Waals surface area contributed by atoms with Gasteiger partial charge in [-0.15, -0.1) is 0 Å². The molecule has 1 fully saturated rings. The molecule has 0 aromatic rings. The summed E-state index contributed by atoms with van der Waals surface area (Å²) in [6, 6.07) is -0.344. The fourth-order valence-corrected chi connectivity index (χ4v) is 3.48. The minimum Gasteiger partial charge on any atom is -0.393 e. The highest BCUT2D eigenvalue weighted by Crippen LogP contribution is 2.12. The molecule has 6 heteroatoms. The summed E-state index contributed by atoms with van der Waals surface area (Å²) >= 11 is 0. The van der Waals surface area contributed by atoms with Crippen molar-refractivity contribution >= 4 is 9.84 Å². The highest BCUT2D eigenvalue weighted by molar-refractivity contribution is 7.91. The van der Waals surface area contributed by atoms with Crippen LogP contribution >= 0.6 is 0 Å². The summed E-state index contributed by atoms with van der Waals surface area (Å²) in [4.78, 5) is 0. The van der Waals surface area contributed by atoms with E-state index in [0.29, 0.717) is 13.0 Å². The molecular weight excluding hydrogens is 218 g/mol. The van der Waals surface area contributed by atoms with Crippen molar-refractivity contribution in [3.05, 3.63) is 0 Å². The molecule has 15 heavy (non-hydrogen) atoms. The first kappa shape index (κ1) is 12.9. The van der Waals surface area contributed by atoms with E-state index in [1.807, 2.05) is 0 Å². The first-order valence-corrected chi connectivity index (χ1v) is 7.03. The van der Waals surface area contributed by atoms with Gasteiger partial charge < -0.3 is 15.5 Å². The quantitative estimate of drug-likeness (QED) is 0.528. The van der Waals surface area contributed by atoms with Crippen molar-refractivity contribution in [1.29, 1.82) is 0 Å². The number of rotatable bonds is 5. The van der Waals surface area contributed by atoms with Crippen molar-refractivity contribution < 1.29 is 18.6 Å². The van der Waals surface area contributed by atoms with Crippen molar-refractivity contribution in [2.24, 2.45) is 0 Å². The van der Waals surface area contributed by atoms with E-state index in [4.69, 9.17) is 5.11 Å². The van der Waals surface area contributed by atoms with E-state index in [0.717, 1.165) is 6.42 Å². The van der Waals surface area contributed by atoms with Gasteiger partial charge in [0.05, 0.1) is 23.7 Å².